The molecular weight excluding hydrogens is 256 g/mol. The van der Waals surface area contributed by atoms with Crippen molar-refractivity contribution >= 4 is 17.3 Å². The van der Waals surface area contributed by atoms with E-state index >= 15 is 0 Å². The van der Waals surface area contributed by atoms with Crippen molar-refractivity contribution in [3.63, 3.8) is 0 Å². The van der Waals surface area contributed by atoms with Crippen molar-refractivity contribution in [2.75, 3.05) is 11.9 Å². The summed E-state index contributed by atoms with van der Waals surface area (Å²) in [5, 5.41) is 9.28. The molecule has 2 aliphatic rings. The van der Waals surface area contributed by atoms with E-state index < -0.39 is 5.56 Å². The first kappa shape index (κ1) is 12.0. The van der Waals surface area contributed by atoms with E-state index in [2.05, 4.69) is 15.5 Å². The molecule has 18 heavy (non-hydrogen) atoms. The Hall–Kier alpha value is -1.11. The number of nitrogens with zero attached hydrogens (tertiary/aromatic N) is 1. The van der Waals surface area contributed by atoms with E-state index in [-0.39, 0.29) is 23.2 Å². The zero-order valence-electron chi connectivity index (χ0n) is 9.73. The molecule has 4 unspecified atom stereocenters. The lowest BCUT2D eigenvalue weighted by molar-refractivity contribution is -0.104. The zero-order chi connectivity index (χ0) is 12.7. The number of hydrogen-bond acceptors (Lipinski definition) is 5. The fraction of sp³-hybridized carbons (Fsp3) is 0.636. The van der Waals surface area contributed by atoms with Gasteiger partial charge in [-0.2, -0.15) is 5.10 Å². The quantitative estimate of drug-likeness (QED) is 0.721. The predicted octanol–water partition coefficient (Wildman–Crippen LogP) is 0.340. The topological polar surface area (TPSA) is 93.0 Å². The second-order valence-corrected chi connectivity index (χ2v) is 5.19. The lowest BCUT2D eigenvalue weighted by Crippen LogP contribution is -2.69. The van der Waals surface area contributed by atoms with Gasteiger partial charge in [-0.3, -0.25) is 4.79 Å². The smallest absolute Gasteiger partial charge is 0.285 e. The number of fused-ring (bicyclic) bond motifs is 1. The lowest BCUT2D eigenvalue weighted by atomic mass is 9.68. The number of H-pyrrole nitrogens is 1. The van der Waals surface area contributed by atoms with Gasteiger partial charge in [0, 0.05) is 18.6 Å². The van der Waals surface area contributed by atoms with Crippen molar-refractivity contribution in [1.82, 2.24) is 10.2 Å². The van der Waals surface area contributed by atoms with E-state index in [4.69, 9.17) is 22.1 Å². The van der Waals surface area contributed by atoms with Crippen molar-refractivity contribution in [3.05, 3.63) is 21.6 Å². The van der Waals surface area contributed by atoms with Crippen LogP contribution < -0.4 is 16.6 Å². The Morgan fingerprint density at radius 1 is 1.61 bits per heavy atom. The first-order valence-corrected chi connectivity index (χ1v) is 6.43. The van der Waals surface area contributed by atoms with Crippen molar-refractivity contribution < 1.29 is 4.74 Å². The molecule has 0 spiro atoms. The molecule has 7 heteroatoms. The number of hydrogen-bond donors (Lipinski definition) is 3. The minimum absolute atomic E-state index is 0.00333. The van der Waals surface area contributed by atoms with Gasteiger partial charge in [-0.1, -0.05) is 11.6 Å². The molecule has 0 radical (unpaired) electrons. The number of nitrogens with one attached hydrogen (secondary N) is 2. The Morgan fingerprint density at radius 3 is 3.28 bits per heavy atom. The normalized spacial score (nSPS) is 34.6. The van der Waals surface area contributed by atoms with Crippen molar-refractivity contribution in [2.45, 2.75) is 31.0 Å². The van der Waals surface area contributed by atoms with Crippen LogP contribution in [0.2, 0.25) is 5.02 Å². The second kappa shape index (κ2) is 4.53. The molecule has 1 saturated heterocycles. The largest absolute Gasteiger partial charge is 0.376 e. The number of rotatable bonds is 2. The van der Waals surface area contributed by atoms with Gasteiger partial charge in [0.15, 0.2) is 0 Å². The molecule has 1 aliphatic heterocycles. The third-order valence-corrected chi connectivity index (χ3v) is 4.17. The van der Waals surface area contributed by atoms with Gasteiger partial charge >= 0.3 is 0 Å². The third-order valence-electron chi connectivity index (χ3n) is 3.79. The standard InChI is InChI=1S/C11H15ClN4O2/c12-7-6(4-14-16-11(7)17)15-9-8(13)5-2-1-3-18-10(5)9/h4-5,8-10H,1-3,13H2,(H2,15,16,17). The van der Waals surface area contributed by atoms with E-state index in [1.807, 2.05) is 0 Å². The highest BCUT2D eigenvalue weighted by Crippen LogP contribution is 2.38. The summed E-state index contributed by atoms with van der Waals surface area (Å²) in [4.78, 5) is 11.3. The van der Waals surface area contributed by atoms with Gasteiger partial charge in [0.2, 0.25) is 0 Å². The molecule has 1 aliphatic carbocycles. The van der Waals surface area contributed by atoms with Gasteiger partial charge in [0.1, 0.15) is 5.02 Å². The lowest BCUT2D eigenvalue weighted by Gasteiger charge is -2.52. The molecule has 4 N–H and O–H groups in total. The molecular formula is C11H15ClN4O2. The molecule has 6 nitrogen and oxygen atoms in total. The van der Waals surface area contributed by atoms with Crippen LogP contribution in [0, 0.1) is 5.92 Å². The van der Waals surface area contributed by atoms with Crippen LogP contribution in [0.1, 0.15) is 12.8 Å². The third kappa shape index (κ3) is 1.81. The summed E-state index contributed by atoms with van der Waals surface area (Å²) >= 11 is 5.91. The first-order chi connectivity index (χ1) is 8.68. The van der Waals surface area contributed by atoms with Crippen LogP contribution >= 0.6 is 11.6 Å². The zero-order valence-corrected chi connectivity index (χ0v) is 10.5. The predicted molar refractivity (Wildman–Crippen MR) is 67.7 cm³/mol. The van der Waals surface area contributed by atoms with E-state index in [0.717, 1.165) is 19.4 Å². The molecule has 2 fully saturated rings. The maximum absolute atomic E-state index is 11.3. The van der Waals surface area contributed by atoms with Gasteiger partial charge in [-0.05, 0) is 12.8 Å². The summed E-state index contributed by atoms with van der Waals surface area (Å²) in [5.41, 5.74) is 6.22. The summed E-state index contributed by atoms with van der Waals surface area (Å²) < 4.78 is 5.71. The SMILES string of the molecule is NC1C2CCCOC2C1Nc1cn[nH]c(=O)c1Cl. The van der Waals surface area contributed by atoms with Gasteiger partial charge < -0.3 is 15.8 Å². The van der Waals surface area contributed by atoms with Crippen LogP contribution in [0.3, 0.4) is 0 Å². The Morgan fingerprint density at radius 2 is 2.44 bits per heavy atom. The highest BCUT2D eigenvalue weighted by Gasteiger charge is 2.50. The monoisotopic (exact) mass is 270 g/mol. The van der Waals surface area contributed by atoms with E-state index in [0.29, 0.717) is 11.6 Å². The highest BCUT2D eigenvalue weighted by molar-refractivity contribution is 6.32. The van der Waals surface area contributed by atoms with Crippen LogP contribution in [-0.4, -0.2) is 35.0 Å². The minimum atomic E-state index is -0.407. The Labute approximate surface area is 109 Å². The molecule has 3 rings (SSSR count). The summed E-state index contributed by atoms with van der Waals surface area (Å²) in [5.74, 6) is 0.407. The van der Waals surface area contributed by atoms with Gasteiger partial charge in [-0.25, -0.2) is 5.10 Å². The van der Waals surface area contributed by atoms with Crippen molar-refractivity contribution in [2.24, 2.45) is 11.7 Å². The van der Waals surface area contributed by atoms with Gasteiger partial charge in [0.05, 0.1) is 24.0 Å². The summed E-state index contributed by atoms with van der Waals surface area (Å²) in [6.45, 7) is 0.771. The highest BCUT2D eigenvalue weighted by atomic mass is 35.5. The summed E-state index contributed by atoms with van der Waals surface area (Å²) in [6.07, 6.45) is 3.77. The number of halogens is 1. The number of aromatic nitrogens is 2. The van der Waals surface area contributed by atoms with Crippen LogP contribution in [0.25, 0.3) is 0 Å². The maximum Gasteiger partial charge on any atom is 0.285 e. The average Bonchev–Trinajstić information content (AvgIpc) is 2.40. The van der Waals surface area contributed by atoms with Crippen LogP contribution in [0.4, 0.5) is 5.69 Å². The van der Waals surface area contributed by atoms with Crippen molar-refractivity contribution in [1.29, 1.82) is 0 Å². The summed E-state index contributed by atoms with van der Waals surface area (Å²) in [6, 6.07) is 0.0297. The Balaban J connectivity index is 1.77. The molecule has 1 aromatic heterocycles. The average molecular weight is 271 g/mol. The molecule has 0 bridgehead atoms. The maximum atomic E-state index is 11.3. The second-order valence-electron chi connectivity index (χ2n) is 4.82. The van der Waals surface area contributed by atoms with E-state index in [1.54, 1.807) is 0 Å². The molecule has 1 saturated carbocycles. The first-order valence-electron chi connectivity index (χ1n) is 6.05. The number of ether oxygens (including phenoxy) is 1. The van der Waals surface area contributed by atoms with E-state index in [1.165, 1.54) is 6.20 Å². The fourth-order valence-corrected chi connectivity index (χ4v) is 2.94. The Bertz CT molecular complexity index is 506. The molecule has 0 aromatic carbocycles. The van der Waals surface area contributed by atoms with Crippen LogP contribution in [0.5, 0.6) is 0 Å². The summed E-state index contributed by atoms with van der Waals surface area (Å²) in [7, 11) is 0. The van der Waals surface area contributed by atoms with Crippen LogP contribution in [-0.2, 0) is 4.74 Å². The minimum Gasteiger partial charge on any atom is -0.376 e. The van der Waals surface area contributed by atoms with Gasteiger partial charge in [0.25, 0.3) is 5.56 Å². The molecule has 2 heterocycles. The molecule has 0 amide bonds. The fourth-order valence-electron chi connectivity index (χ4n) is 2.79. The molecule has 1 aromatic rings. The molecule has 98 valence electrons. The number of aromatic amines is 1. The number of anilines is 1. The van der Waals surface area contributed by atoms with E-state index in [9.17, 15) is 4.79 Å². The van der Waals surface area contributed by atoms with Crippen molar-refractivity contribution in [3.8, 4) is 0 Å². The Kier molecular flexibility index (Phi) is 3.01. The molecule has 4 atom stereocenters. The van der Waals surface area contributed by atoms with Gasteiger partial charge in [-0.15, -0.1) is 0 Å². The van der Waals surface area contributed by atoms with Crippen LogP contribution in [0.15, 0.2) is 11.0 Å². The number of nitrogens with two attached hydrogens (primary N) is 1.